The molecule has 1 amide bonds. The summed E-state index contributed by atoms with van der Waals surface area (Å²) in [7, 11) is -1.28. The SMILES string of the molecule is CC(C)(C)S(C)(C)OCCCC(NC(=O)OCC1c2ccccc2-c2ccccc21)C(=O)OCc1ccccc1. The Labute approximate surface area is 239 Å². The van der Waals surface area contributed by atoms with E-state index in [1.807, 2.05) is 54.6 Å². The Morgan fingerprint density at radius 3 is 2.02 bits per heavy atom. The van der Waals surface area contributed by atoms with Crippen molar-refractivity contribution in [3.05, 3.63) is 95.6 Å². The van der Waals surface area contributed by atoms with E-state index in [-0.39, 0.29) is 23.9 Å². The van der Waals surface area contributed by atoms with Gasteiger partial charge in [0.2, 0.25) is 0 Å². The molecular weight excluding hydrogens is 522 g/mol. The molecule has 0 heterocycles. The summed E-state index contributed by atoms with van der Waals surface area (Å²) in [4.78, 5) is 26.0. The minimum Gasteiger partial charge on any atom is -0.459 e. The number of hydrogen-bond acceptors (Lipinski definition) is 5. The molecule has 6 nitrogen and oxygen atoms in total. The highest BCUT2D eigenvalue weighted by molar-refractivity contribution is 8.29. The zero-order chi connectivity index (χ0) is 28.8. The van der Waals surface area contributed by atoms with Gasteiger partial charge in [-0.3, -0.25) is 0 Å². The number of nitrogens with one attached hydrogen (secondary N) is 1. The number of carbonyl (C=O) groups is 2. The van der Waals surface area contributed by atoms with E-state index in [0.29, 0.717) is 19.4 Å². The molecule has 40 heavy (non-hydrogen) atoms. The third-order valence-electron chi connectivity index (χ3n) is 7.63. The molecule has 1 atom stereocenters. The summed E-state index contributed by atoms with van der Waals surface area (Å²) >= 11 is 0. The zero-order valence-electron chi connectivity index (χ0n) is 24.1. The second kappa shape index (κ2) is 12.9. The van der Waals surface area contributed by atoms with Crippen LogP contribution < -0.4 is 5.32 Å². The van der Waals surface area contributed by atoms with Gasteiger partial charge in [0.05, 0.1) is 6.61 Å². The summed E-state index contributed by atoms with van der Waals surface area (Å²) in [6.45, 7) is 7.33. The Bertz CT molecular complexity index is 1260. The lowest BCUT2D eigenvalue weighted by Crippen LogP contribution is -2.42. The molecule has 214 valence electrons. The van der Waals surface area contributed by atoms with Crippen LogP contribution in [-0.2, 0) is 25.1 Å². The number of esters is 1. The van der Waals surface area contributed by atoms with Crippen molar-refractivity contribution in [2.75, 3.05) is 25.7 Å². The maximum atomic E-state index is 13.1. The molecule has 7 heteroatoms. The van der Waals surface area contributed by atoms with Gasteiger partial charge >= 0.3 is 12.1 Å². The van der Waals surface area contributed by atoms with Gasteiger partial charge in [0.1, 0.15) is 19.3 Å². The van der Waals surface area contributed by atoms with Crippen LogP contribution in [0.5, 0.6) is 0 Å². The van der Waals surface area contributed by atoms with E-state index in [1.54, 1.807) is 0 Å². The number of fused-ring (bicyclic) bond motifs is 3. The Morgan fingerprint density at radius 1 is 0.850 bits per heavy atom. The predicted molar refractivity (Wildman–Crippen MR) is 163 cm³/mol. The summed E-state index contributed by atoms with van der Waals surface area (Å²) in [5.74, 6) is -0.544. The van der Waals surface area contributed by atoms with Crippen molar-refractivity contribution < 1.29 is 23.2 Å². The van der Waals surface area contributed by atoms with Crippen LogP contribution >= 0.6 is 10.3 Å². The second-order valence-electron chi connectivity index (χ2n) is 11.4. The molecule has 0 saturated heterocycles. The molecule has 3 aromatic rings. The largest absolute Gasteiger partial charge is 0.459 e. The van der Waals surface area contributed by atoms with Crippen molar-refractivity contribution >= 4 is 22.4 Å². The highest BCUT2D eigenvalue weighted by Crippen LogP contribution is 2.53. The Kier molecular flexibility index (Phi) is 9.59. The van der Waals surface area contributed by atoms with E-state index in [2.05, 4.69) is 62.9 Å². The summed E-state index contributed by atoms with van der Waals surface area (Å²) < 4.78 is 17.5. The minimum atomic E-state index is -1.28. The molecule has 1 unspecified atom stereocenters. The number of carbonyl (C=O) groups excluding carboxylic acids is 2. The molecular formula is C33H41NO5S. The summed E-state index contributed by atoms with van der Waals surface area (Å²) in [5, 5.41) is 2.77. The highest BCUT2D eigenvalue weighted by Gasteiger charge is 2.31. The number of alkyl carbamates (subject to hydrolysis) is 1. The summed E-state index contributed by atoms with van der Waals surface area (Å²) in [5.41, 5.74) is 5.48. The highest BCUT2D eigenvalue weighted by atomic mass is 32.3. The summed E-state index contributed by atoms with van der Waals surface area (Å²) in [6, 6.07) is 25.0. The van der Waals surface area contributed by atoms with E-state index >= 15 is 0 Å². The van der Waals surface area contributed by atoms with Gasteiger partial charge in [0.15, 0.2) is 0 Å². The van der Waals surface area contributed by atoms with Crippen LogP contribution in [0.25, 0.3) is 11.1 Å². The van der Waals surface area contributed by atoms with Crippen molar-refractivity contribution in [2.24, 2.45) is 0 Å². The predicted octanol–water partition coefficient (Wildman–Crippen LogP) is 7.21. The first-order valence-corrected chi connectivity index (χ1v) is 16.1. The molecule has 0 spiro atoms. The lowest BCUT2D eigenvalue weighted by atomic mass is 9.98. The third-order valence-corrected chi connectivity index (χ3v) is 11.3. The molecule has 0 saturated carbocycles. The molecule has 0 bridgehead atoms. The van der Waals surface area contributed by atoms with E-state index in [4.69, 9.17) is 13.7 Å². The lowest BCUT2D eigenvalue weighted by molar-refractivity contribution is -0.147. The van der Waals surface area contributed by atoms with Gasteiger partial charge in [-0.1, -0.05) is 99.6 Å². The fraction of sp³-hybridized carbons (Fsp3) is 0.394. The van der Waals surface area contributed by atoms with Crippen LogP contribution in [0.4, 0.5) is 4.79 Å². The molecule has 0 fully saturated rings. The first-order valence-electron chi connectivity index (χ1n) is 13.8. The van der Waals surface area contributed by atoms with E-state index in [0.717, 1.165) is 27.8 Å². The molecule has 0 aliphatic heterocycles. The Hall–Kier alpha value is -3.29. The van der Waals surface area contributed by atoms with Crippen LogP contribution in [0, 0.1) is 0 Å². The first-order chi connectivity index (χ1) is 19.1. The molecule has 0 radical (unpaired) electrons. The van der Waals surface area contributed by atoms with Gasteiger partial charge in [0.25, 0.3) is 0 Å². The first kappa shape index (κ1) is 29.7. The summed E-state index contributed by atoms with van der Waals surface area (Å²) in [6.07, 6.45) is 4.64. The smallest absolute Gasteiger partial charge is 0.407 e. The van der Waals surface area contributed by atoms with E-state index < -0.39 is 28.4 Å². The molecule has 1 aliphatic rings. The normalized spacial score (nSPS) is 14.1. The Morgan fingerprint density at radius 2 is 1.43 bits per heavy atom. The number of rotatable bonds is 11. The van der Waals surface area contributed by atoms with Crippen molar-refractivity contribution in [1.82, 2.24) is 5.32 Å². The second-order valence-corrected chi connectivity index (χ2v) is 15.4. The van der Waals surface area contributed by atoms with Gasteiger partial charge in [-0.2, -0.15) is 0 Å². The number of amides is 1. The monoisotopic (exact) mass is 563 g/mol. The van der Waals surface area contributed by atoms with Crippen molar-refractivity contribution in [3.8, 4) is 11.1 Å². The zero-order valence-corrected chi connectivity index (χ0v) is 25.0. The maximum absolute atomic E-state index is 13.1. The average Bonchev–Trinajstić information content (AvgIpc) is 3.25. The molecule has 1 aliphatic carbocycles. The maximum Gasteiger partial charge on any atom is 0.407 e. The van der Waals surface area contributed by atoms with Crippen LogP contribution in [-0.4, -0.2) is 48.6 Å². The van der Waals surface area contributed by atoms with E-state index in [9.17, 15) is 9.59 Å². The van der Waals surface area contributed by atoms with Gasteiger partial charge in [-0.05, 0) is 53.2 Å². The number of ether oxygens (including phenoxy) is 2. The van der Waals surface area contributed by atoms with E-state index in [1.165, 1.54) is 0 Å². The average molecular weight is 564 g/mol. The fourth-order valence-electron chi connectivity index (χ4n) is 4.59. The standard InChI is InChI=1S/C33H41NO5S/c1-33(2,3)40(4,5)39-21-13-20-30(31(35)37-22-24-14-7-6-8-15-24)34-32(36)38-23-29-27-18-11-9-16-25(27)26-17-10-12-19-28(26)29/h6-12,14-19,29-30H,13,20-23H2,1-5H3,(H,34,36). The van der Waals surface area contributed by atoms with Crippen LogP contribution in [0.15, 0.2) is 78.9 Å². The number of benzene rings is 3. The van der Waals surface area contributed by atoms with Gasteiger partial charge in [-0.25, -0.2) is 9.59 Å². The topological polar surface area (TPSA) is 73.9 Å². The van der Waals surface area contributed by atoms with Gasteiger partial charge < -0.3 is 19.0 Å². The molecule has 1 N–H and O–H groups in total. The van der Waals surface area contributed by atoms with Crippen molar-refractivity contribution in [3.63, 3.8) is 0 Å². The Balaban J connectivity index is 1.37. The van der Waals surface area contributed by atoms with Crippen molar-refractivity contribution in [2.45, 2.75) is 56.9 Å². The minimum absolute atomic E-state index is 0.0422. The quantitative estimate of drug-likeness (QED) is 0.197. The fourth-order valence-corrected chi connectivity index (χ4v) is 5.48. The van der Waals surface area contributed by atoms with Crippen molar-refractivity contribution in [1.29, 1.82) is 0 Å². The van der Waals surface area contributed by atoms with Crippen LogP contribution in [0.3, 0.4) is 0 Å². The molecule has 3 aromatic carbocycles. The third kappa shape index (κ3) is 7.26. The number of hydrogen-bond donors (Lipinski definition) is 1. The van der Waals surface area contributed by atoms with Crippen LogP contribution in [0.2, 0.25) is 0 Å². The van der Waals surface area contributed by atoms with Crippen LogP contribution in [0.1, 0.15) is 56.2 Å². The van der Waals surface area contributed by atoms with Gasteiger partial charge in [0, 0.05) is 10.7 Å². The molecule has 4 rings (SSSR count). The van der Waals surface area contributed by atoms with Gasteiger partial charge in [-0.15, -0.1) is 10.3 Å². The molecule has 0 aromatic heterocycles. The lowest BCUT2D eigenvalue weighted by Gasteiger charge is -2.43.